The summed E-state index contributed by atoms with van der Waals surface area (Å²) in [6, 6.07) is 21.9. The molecule has 3 aromatic carbocycles. The maximum Gasteiger partial charge on any atom is 0.138 e. The summed E-state index contributed by atoms with van der Waals surface area (Å²) in [5.41, 5.74) is 3.37. The molecule has 0 aliphatic heterocycles. The van der Waals surface area contributed by atoms with E-state index in [9.17, 15) is 0 Å². The minimum Gasteiger partial charge on any atom is -0.497 e. The van der Waals surface area contributed by atoms with Crippen molar-refractivity contribution >= 4 is 10.8 Å². The fraction of sp³-hybridized carbons (Fsp3) is 0.0952. The topological polar surface area (TPSA) is 67.4 Å². The van der Waals surface area contributed by atoms with Gasteiger partial charge in [0.15, 0.2) is 0 Å². The van der Waals surface area contributed by atoms with Crippen molar-refractivity contribution < 1.29 is 14.9 Å². The second-order valence-corrected chi connectivity index (χ2v) is 5.94. The predicted molar refractivity (Wildman–Crippen MR) is 101 cm³/mol. The summed E-state index contributed by atoms with van der Waals surface area (Å²) in [4.78, 5) is 12.5. The van der Waals surface area contributed by atoms with Gasteiger partial charge in [0.1, 0.15) is 18.2 Å². The summed E-state index contributed by atoms with van der Waals surface area (Å²) in [5, 5.41) is 11.2. The molecular weight excluding hydrogens is 328 g/mol. The lowest BCUT2D eigenvalue weighted by Gasteiger charge is -2.03. The number of aromatic nitrogens is 2. The molecule has 0 radical (unpaired) electrons. The molecule has 130 valence electrons. The van der Waals surface area contributed by atoms with Crippen LogP contribution in [0.1, 0.15) is 5.69 Å². The first kappa shape index (κ1) is 16.3. The number of benzene rings is 3. The molecule has 0 aliphatic carbocycles. The van der Waals surface area contributed by atoms with E-state index in [2.05, 4.69) is 28.1 Å². The summed E-state index contributed by atoms with van der Waals surface area (Å²) >= 11 is 0. The maximum absolute atomic E-state index is 8.96. The fourth-order valence-corrected chi connectivity index (χ4v) is 3.13. The number of fused-ring (bicyclic) bond motifs is 1. The standard InChI is InChI=1S/C21H18N2O3/c1-25-16-11-9-15(10-12-16)20-19(13-26-24)22-21(23-20)18-8-4-6-14-5-2-3-7-17(14)18/h2-12,24H,13H2,1H3,(H,22,23). The molecule has 0 saturated heterocycles. The van der Waals surface area contributed by atoms with Crippen molar-refractivity contribution in [2.45, 2.75) is 6.61 Å². The Morgan fingerprint density at radius 2 is 1.73 bits per heavy atom. The van der Waals surface area contributed by atoms with Gasteiger partial charge in [0.2, 0.25) is 0 Å². The molecule has 0 unspecified atom stereocenters. The molecule has 4 rings (SSSR count). The monoisotopic (exact) mass is 346 g/mol. The van der Waals surface area contributed by atoms with Gasteiger partial charge in [-0.05, 0) is 35.0 Å². The summed E-state index contributed by atoms with van der Waals surface area (Å²) in [5.74, 6) is 1.51. The Balaban J connectivity index is 1.85. The molecule has 2 N–H and O–H groups in total. The molecular formula is C21H18N2O3. The zero-order valence-electron chi connectivity index (χ0n) is 14.3. The lowest BCUT2D eigenvalue weighted by Crippen LogP contribution is -1.92. The number of rotatable bonds is 5. The Hall–Kier alpha value is -3.15. The van der Waals surface area contributed by atoms with E-state index in [-0.39, 0.29) is 6.61 Å². The van der Waals surface area contributed by atoms with Crippen molar-refractivity contribution in [2.24, 2.45) is 0 Å². The molecule has 1 aromatic heterocycles. The molecule has 1 heterocycles. The molecule has 4 aromatic rings. The maximum atomic E-state index is 8.96. The summed E-state index contributed by atoms with van der Waals surface area (Å²) in [7, 11) is 1.63. The van der Waals surface area contributed by atoms with Gasteiger partial charge < -0.3 is 9.72 Å². The first-order valence-corrected chi connectivity index (χ1v) is 8.28. The van der Waals surface area contributed by atoms with Crippen molar-refractivity contribution in [1.82, 2.24) is 9.97 Å². The van der Waals surface area contributed by atoms with E-state index >= 15 is 0 Å². The minimum atomic E-state index is 0.0269. The Morgan fingerprint density at radius 3 is 2.50 bits per heavy atom. The van der Waals surface area contributed by atoms with Crippen LogP contribution in [0.15, 0.2) is 66.7 Å². The quantitative estimate of drug-likeness (QED) is 0.399. The number of hydrogen-bond donors (Lipinski definition) is 2. The Kier molecular flexibility index (Phi) is 4.39. The number of methoxy groups -OCH3 is 1. The average molecular weight is 346 g/mol. The van der Waals surface area contributed by atoms with Crippen LogP contribution in [0.2, 0.25) is 0 Å². The first-order valence-electron chi connectivity index (χ1n) is 8.28. The average Bonchev–Trinajstić information content (AvgIpc) is 3.11. The smallest absolute Gasteiger partial charge is 0.138 e. The van der Waals surface area contributed by atoms with Gasteiger partial charge in [0.25, 0.3) is 0 Å². The van der Waals surface area contributed by atoms with Crippen molar-refractivity contribution in [3.8, 4) is 28.4 Å². The number of H-pyrrole nitrogens is 1. The summed E-state index contributed by atoms with van der Waals surface area (Å²) < 4.78 is 5.21. The number of imidazole rings is 1. The molecule has 5 heteroatoms. The third kappa shape index (κ3) is 2.94. The van der Waals surface area contributed by atoms with Crippen LogP contribution in [0.5, 0.6) is 5.75 Å². The second kappa shape index (κ2) is 7.00. The van der Waals surface area contributed by atoms with Crippen LogP contribution >= 0.6 is 0 Å². The zero-order valence-corrected chi connectivity index (χ0v) is 14.3. The molecule has 0 fully saturated rings. The highest BCUT2D eigenvalue weighted by Crippen LogP contribution is 2.31. The number of nitrogens with one attached hydrogen (secondary N) is 1. The van der Waals surface area contributed by atoms with Crippen LogP contribution in [-0.2, 0) is 11.5 Å². The minimum absolute atomic E-state index is 0.0269. The van der Waals surface area contributed by atoms with Crippen LogP contribution in [0, 0.1) is 0 Å². The second-order valence-electron chi connectivity index (χ2n) is 5.94. The fourth-order valence-electron chi connectivity index (χ4n) is 3.13. The lowest BCUT2D eigenvalue weighted by atomic mass is 10.0. The van der Waals surface area contributed by atoms with Gasteiger partial charge in [-0.15, -0.1) is 0 Å². The molecule has 26 heavy (non-hydrogen) atoms. The third-order valence-corrected chi connectivity index (χ3v) is 4.40. The lowest BCUT2D eigenvalue weighted by molar-refractivity contribution is -0.253. The van der Waals surface area contributed by atoms with Gasteiger partial charge in [-0.1, -0.05) is 42.5 Å². The molecule has 0 atom stereocenters. The van der Waals surface area contributed by atoms with Crippen LogP contribution in [-0.4, -0.2) is 22.3 Å². The van der Waals surface area contributed by atoms with Gasteiger partial charge in [-0.25, -0.2) is 9.87 Å². The van der Waals surface area contributed by atoms with E-state index in [1.54, 1.807) is 7.11 Å². The van der Waals surface area contributed by atoms with Crippen molar-refractivity contribution in [3.63, 3.8) is 0 Å². The van der Waals surface area contributed by atoms with E-state index in [1.807, 2.05) is 48.5 Å². The molecule has 0 saturated carbocycles. The Bertz CT molecular complexity index is 1030. The molecule has 5 nitrogen and oxygen atoms in total. The number of aromatic amines is 1. The number of ether oxygens (including phenoxy) is 1. The SMILES string of the molecule is COc1ccc(-c2nc(-c3cccc4ccccc34)[nH]c2COO)cc1. The van der Waals surface area contributed by atoms with Crippen molar-refractivity contribution in [3.05, 3.63) is 72.4 Å². The van der Waals surface area contributed by atoms with Crippen LogP contribution < -0.4 is 4.74 Å². The summed E-state index contributed by atoms with van der Waals surface area (Å²) in [6.07, 6.45) is 0. The largest absolute Gasteiger partial charge is 0.497 e. The van der Waals surface area contributed by atoms with E-state index in [1.165, 1.54) is 0 Å². The molecule has 0 aliphatic rings. The highest BCUT2D eigenvalue weighted by molar-refractivity contribution is 5.95. The van der Waals surface area contributed by atoms with E-state index in [0.717, 1.165) is 39.2 Å². The molecule has 0 bridgehead atoms. The molecule has 0 amide bonds. The Morgan fingerprint density at radius 1 is 0.962 bits per heavy atom. The van der Waals surface area contributed by atoms with E-state index in [4.69, 9.17) is 15.0 Å². The summed E-state index contributed by atoms with van der Waals surface area (Å²) in [6.45, 7) is 0.0269. The normalized spacial score (nSPS) is 11.0. The highest BCUT2D eigenvalue weighted by Gasteiger charge is 2.15. The van der Waals surface area contributed by atoms with Gasteiger partial charge in [0.05, 0.1) is 18.5 Å². The highest BCUT2D eigenvalue weighted by atomic mass is 17.1. The molecule has 0 spiro atoms. The van der Waals surface area contributed by atoms with E-state index < -0.39 is 0 Å². The zero-order chi connectivity index (χ0) is 17.9. The van der Waals surface area contributed by atoms with Crippen molar-refractivity contribution in [1.29, 1.82) is 0 Å². The van der Waals surface area contributed by atoms with Gasteiger partial charge in [0, 0.05) is 11.1 Å². The van der Waals surface area contributed by atoms with Crippen LogP contribution in [0.25, 0.3) is 33.4 Å². The number of hydrogen-bond acceptors (Lipinski definition) is 4. The van der Waals surface area contributed by atoms with Gasteiger partial charge in [-0.3, -0.25) is 5.26 Å². The van der Waals surface area contributed by atoms with Gasteiger partial charge >= 0.3 is 0 Å². The van der Waals surface area contributed by atoms with Crippen molar-refractivity contribution in [2.75, 3.05) is 7.11 Å². The van der Waals surface area contributed by atoms with Crippen LogP contribution in [0.3, 0.4) is 0 Å². The number of nitrogens with zero attached hydrogens (tertiary/aromatic N) is 1. The Labute approximate surface area is 150 Å². The first-order chi connectivity index (χ1) is 12.8. The van der Waals surface area contributed by atoms with Gasteiger partial charge in [-0.2, -0.15) is 0 Å². The van der Waals surface area contributed by atoms with Crippen LogP contribution in [0.4, 0.5) is 0 Å². The third-order valence-electron chi connectivity index (χ3n) is 4.40. The van der Waals surface area contributed by atoms with E-state index in [0.29, 0.717) is 5.69 Å². The predicted octanol–water partition coefficient (Wildman–Crippen LogP) is 4.90.